The Kier molecular flexibility index (Phi) is 6.16. The SMILES string of the molecule is O=C(N[C@@H]1COCCC1NC1CCCCC1)c1ccc(C(F)(F)F)cc1C1CC1. The summed E-state index contributed by atoms with van der Waals surface area (Å²) in [5.41, 5.74) is 0.196. The number of alkyl halides is 3. The number of carbonyl (C=O) groups is 1. The lowest BCUT2D eigenvalue weighted by Gasteiger charge is -2.36. The van der Waals surface area contributed by atoms with Crippen LogP contribution in [-0.2, 0) is 10.9 Å². The number of benzene rings is 1. The lowest BCUT2D eigenvalue weighted by atomic mass is 9.92. The van der Waals surface area contributed by atoms with Crippen LogP contribution in [-0.4, -0.2) is 37.2 Å². The van der Waals surface area contributed by atoms with Crippen LogP contribution in [0, 0.1) is 0 Å². The second kappa shape index (κ2) is 8.64. The maximum absolute atomic E-state index is 13.1. The minimum Gasteiger partial charge on any atom is -0.379 e. The number of nitrogens with one attached hydrogen (secondary N) is 2. The first-order valence-electron chi connectivity index (χ1n) is 10.8. The van der Waals surface area contributed by atoms with Crippen molar-refractivity contribution in [3.8, 4) is 0 Å². The van der Waals surface area contributed by atoms with Crippen molar-refractivity contribution >= 4 is 5.91 Å². The maximum Gasteiger partial charge on any atom is 0.416 e. The number of halogens is 3. The number of hydrogen-bond acceptors (Lipinski definition) is 3. The summed E-state index contributed by atoms with van der Waals surface area (Å²) in [7, 11) is 0. The molecule has 3 fully saturated rings. The van der Waals surface area contributed by atoms with Gasteiger partial charge in [0.1, 0.15) is 0 Å². The van der Waals surface area contributed by atoms with Crippen LogP contribution in [0.15, 0.2) is 18.2 Å². The summed E-state index contributed by atoms with van der Waals surface area (Å²) in [6.07, 6.45) is 4.15. The maximum atomic E-state index is 13.1. The fourth-order valence-corrected chi connectivity index (χ4v) is 4.58. The van der Waals surface area contributed by atoms with Crippen LogP contribution in [0.1, 0.15) is 78.8 Å². The van der Waals surface area contributed by atoms with E-state index < -0.39 is 11.7 Å². The summed E-state index contributed by atoms with van der Waals surface area (Å²) < 4.78 is 44.9. The monoisotopic (exact) mass is 410 g/mol. The predicted octanol–water partition coefficient (Wildman–Crippen LogP) is 4.39. The molecule has 1 aromatic rings. The van der Waals surface area contributed by atoms with Gasteiger partial charge in [0.15, 0.2) is 0 Å². The molecule has 2 atom stereocenters. The van der Waals surface area contributed by atoms with Crippen LogP contribution in [0.4, 0.5) is 13.2 Å². The van der Waals surface area contributed by atoms with Gasteiger partial charge in [0.2, 0.25) is 0 Å². The van der Waals surface area contributed by atoms with Gasteiger partial charge in [-0.2, -0.15) is 13.2 Å². The third kappa shape index (κ3) is 5.12. The third-order valence-corrected chi connectivity index (χ3v) is 6.37. The van der Waals surface area contributed by atoms with E-state index in [1.807, 2.05) is 0 Å². The molecule has 0 radical (unpaired) electrons. The molecule has 1 saturated heterocycles. The third-order valence-electron chi connectivity index (χ3n) is 6.37. The molecule has 7 heteroatoms. The number of carbonyl (C=O) groups excluding carboxylic acids is 1. The second-order valence-corrected chi connectivity index (χ2v) is 8.63. The van der Waals surface area contributed by atoms with Crippen molar-refractivity contribution in [1.29, 1.82) is 0 Å². The van der Waals surface area contributed by atoms with E-state index in [1.54, 1.807) is 0 Å². The van der Waals surface area contributed by atoms with E-state index in [4.69, 9.17) is 4.74 Å². The molecule has 1 aromatic carbocycles. The molecule has 2 N–H and O–H groups in total. The van der Waals surface area contributed by atoms with Crippen molar-refractivity contribution < 1.29 is 22.7 Å². The molecular formula is C22H29F3N2O2. The summed E-state index contributed by atoms with van der Waals surface area (Å²) in [4.78, 5) is 13.0. The van der Waals surface area contributed by atoms with Gasteiger partial charge in [-0.1, -0.05) is 19.3 Å². The van der Waals surface area contributed by atoms with Crippen LogP contribution in [0.2, 0.25) is 0 Å². The van der Waals surface area contributed by atoms with Crippen molar-refractivity contribution in [2.24, 2.45) is 0 Å². The zero-order valence-electron chi connectivity index (χ0n) is 16.6. The topological polar surface area (TPSA) is 50.4 Å². The quantitative estimate of drug-likeness (QED) is 0.757. The highest BCUT2D eigenvalue weighted by Crippen LogP contribution is 2.43. The minimum absolute atomic E-state index is 0.0526. The Hall–Kier alpha value is -1.60. The Balaban J connectivity index is 1.47. The summed E-state index contributed by atoms with van der Waals surface area (Å²) in [5.74, 6) is -0.247. The van der Waals surface area contributed by atoms with Crippen LogP contribution in [0.5, 0.6) is 0 Å². The summed E-state index contributed by atoms with van der Waals surface area (Å²) in [6, 6.07) is 3.93. The molecule has 4 nitrogen and oxygen atoms in total. The Morgan fingerprint density at radius 3 is 2.45 bits per heavy atom. The van der Waals surface area contributed by atoms with Gasteiger partial charge >= 0.3 is 6.18 Å². The molecule has 0 bridgehead atoms. The fraction of sp³-hybridized carbons (Fsp3) is 0.682. The van der Waals surface area contributed by atoms with Crippen LogP contribution >= 0.6 is 0 Å². The van der Waals surface area contributed by atoms with Gasteiger partial charge in [-0.3, -0.25) is 4.79 Å². The molecule has 4 rings (SSSR count). The Morgan fingerprint density at radius 2 is 1.76 bits per heavy atom. The van der Waals surface area contributed by atoms with Gasteiger partial charge in [-0.05, 0) is 61.8 Å². The summed E-state index contributed by atoms with van der Waals surface area (Å²) in [5, 5.41) is 6.75. The van der Waals surface area contributed by atoms with Gasteiger partial charge in [-0.15, -0.1) is 0 Å². The first-order chi connectivity index (χ1) is 13.9. The molecule has 1 aliphatic heterocycles. The van der Waals surface area contributed by atoms with Gasteiger partial charge in [0.05, 0.1) is 18.2 Å². The minimum atomic E-state index is -4.40. The van der Waals surface area contributed by atoms with E-state index in [0.717, 1.165) is 44.2 Å². The molecule has 0 spiro atoms. The zero-order valence-corrected chi connectivity index (χ0v) is 16.6. The number of hydrogen-bond donors (Lipinski definition) is 2. The van der Waals surface area contributed by atoms with E-state index >= 15 is 0 Å². The van der Waals surface area contributed by atoms with E-state index in [0.29, 0.717) is 30.4 Å². The Morgan fingerprint density at radius 1 is 1.00 bits per heavy atom. The van der Waals surface area contributed by atoms with Crippen molar-refractivity contribution in [2.75, 3.05) is 13.2 Å². The van der Waals surface area contributed by atoms with Gasteiger partial charge < -0.3 is 15.4 Å². The lowest BCUT2D eigenvalue weighted by molar-refractivity contribution is -0.137. The highest BCUT2D eigenvalue weighted by atomic mass is 19.4. The van der Waals surface area contributed by atoms with Crippen LogP contribution in [0.25, 0.3) is 0 Å². The fourth-order valence-electron chi connectivity index (χ4n) is 4.58. The molecule has 2 aliphatic carbocycles. The molecule has 29 heavy (non-hydrogen) atoms. The standard InChI is InChI=1S/C22H29F3N2O2/c23-22(24,25)15-8-9-17(18(12-15)14-6-7-14)21(28)27-20-13-29-11-10-19(20)26-16-4-2-1-3-5-16/h8-9,12,14,16,19-20,26H,1-7,10-11,13H2,(H,27,28)/t19?,20-/m1/s1. The summed E-state index contributed by atoms with van der Waals surface area (Å²) in [6.45, 7) is 1.08. The number of amides is 1. The van der Waals surface area contributed by atoms with E-state index in [-0.39, 0.29) is 23.9 Å². The lowest BCUT2D eigenvalue weighted by Crippen LogP contribution is -2.57. The van der Waals surface area contributed by atoms with Crippen molar-refractivity contribution in [3.05, 3.63) is 34.9 Å². The second-order valence-electron chi connectivity index (χ2n) is 8.63. The first-order valence-corrected chi connectivity index (χ1v) is 10.8. The normalized spacial score (nSPS) is 26.3. The smallest absolute Gasteiger partial charge is 0.379 e. The Labute approximate surface area is 169 Å². The molecule has 1 heterocycles. The van der Waals surface area contributed by atoms with Gasteiger partial charge in [0.25, 0.3) is 5.91 Å². The van der Waals surface area contributed by atoms with Gasteiger partial charge in [0, 0.05) is 24.3 Å². The number of ether oxygens (including phenoxy) is 1. The predicted molar refractivity (Wildman–Crippen MR) is 104 cm³/mol. The van der Waals surface area contributed by atoms with Gasteiger partial charge in [-0.25, -0.2) is 0 Å². The first kappa shape index (κ1) is 20.7. The van der Waals surface area contributed by atoms with E-state index in [2.05, 4.69) is 10.6 Å². The molecule has 3 aliphatic rings. The van der Waals surface area contributed by atoms with Crippen molar-refractivity contribution in [1.82, 2.24) is 10.6 Å². The largest absolute Gasteiger partial charge is 0.416 e. The molecule has 0 aromatic heterocycles. The van der Waals surface area contributed by atoms with Crippen LogP contribution in [0.3, 0.4) is 0 Å². The van der Waals surface area contributed by atoms with Crippen molar-refractivity contribution in [3.63, 3.8) is 0 Å². The highest BCUT2D eigenvalue weighted by Gasteiger charge is 2.36. The molecular weight excluding hydrogens is 381 g/mol. The Bertz CT molecular complexity index is 727. The van der Waals surface area contributed by atoms with Crippen LogP contribution < -0.4 is 10.6 Å². The average molecular weight is 410 g/mol. The highest BCUT2D eigenvalue weighted by molar-refractivity contribution is 5.96. The zero-order chi connectivity index (χ0) is 20.4. The number of rotatable bonds is 5. The van der Waals surface area contributed by atoms with E-state index in [9.17, 15) is 18.0 Å². The average Bonchev–Trinajstić information content (AvgIpc) is 3.54. The molecule has 160 valence electrons. The molecule has 1 amide bonds. The molecule has 2 saturated carbocycles. The molecule has 1 unspecified atom stereocenters. The summed E-state index contributed by atoms with van der Waals surface area (Å²) >= 11 is 0. The van der Waals surface area contributed by atoms with E-state index in [1.165, 1.54) is 25.3 Å². The van der Waals surface area contributed by atoms with Crippen molar-refractivity contribution in [2.45, 2.75) is 81.6 Å².